The smallest absolute Gasteiger partial charge is 0.125 e. The van der Waals surface area contributed by atoms with Gasteiger partial charge in [-0.3, -0.25) is 4.68 Å². The van der Waals surface area contributed by atoms with Crippen molar-refractivity contribution >= 4 is 22.6 Å². The Morgan fingerprint density at radius 1 is 1.26 bits per heavy atom. The van der Waals surface area contributed by atoms with E-state index >= 15 is 0 Å². The number of imidazole rings is 1. The third-order valence-electron chi connectivity index (χ3n) is 3.02. The van der Waals surface area contributed by atoms with Crippen LogP contribution in [0.25, 0.3) is 11.0 Å². The number of hydrogen-bond acceptors (Lipinski definition) is 2. The summed E-state index contributed by atoms with van der Waals surface area (Å²) in [4.78, 5) is 4.35. The van der Waals surface area contributed by atoms with Gasteiger partial charge in [-0.1, -0.05) is 0 Å². The van der Waals surface area contributed by atoms with Crippen molar-refractivity contribution in [2.24, 2.45) is 0 Å². The number of halogens is 2. The van der Waals surface area contributed by atoms with Gasteiger partial charge in [0, 0.05) is 25.0 Å². The topological polar surface area (TPSA) is 35.6 Å². The van der Waals surface area contributed by atoms with Gasteiger partial charge in [0.1, 0.15) is 11.6 Å². The summed E-state index contributed by atoms with van der Waals surface area (Å²) in [6, 6.07) is 6.48. The van der Waals surface area contributed by atoms with Crippen molar-refractivity contribution in [2.45, 2.75) is 19.0 Å². The zero-order valence-corrected chi connectivity index (χ0v) is 10.9. The molecule has 0 radical (unpaired) electrons. The zero-order chi connectivity index (χ0) is 13.2. The fraction of sp³-hybridized carbons (Fsp3) is 0.231. The summed E-state index contributed by atoms with van der Waals surface area (Å²) >= 11 is 5.90. The van der Waals surface area contributed by atoms with E-state index in [-0.39, 0.29) is 5.82 Å². The molecule has 0 unspecified atom stereocenters. The first-order valence-corrected chi connectivity index (χ1v) is 6.49. The minimum Gasteiger partial charge on any atom is -0.325 e. The predicted octanol–water partition coefficient (Wildman–Crippen LogP) is 2.81. The Morgan fingerprint density at radius 3 is 2.89 bits per heavy atom. The molecule has 2 heterocycles. The highest BCUT2D eigenvalue weighted by Gasteiger charge is 2.10. The van der Waals surface area contributed by atoms with Gasteiger partial charge >= 0.3 is 0 Å². The predicted molar refractivity (Wildman–Crippen MR) is 71.5 cm³/mol. The molecule has 0 spiro atoms. The van der Waals surface area contributed by atoms with E-state index in [9.17, 15) is 4.39 Å². The summed E-state index contributed by atoms with van der Waals surface area (Å²) in [7, 11) is 0. The average Bonchev–Trinajstić information content (AvgIpc) is 3.02. The Bertz CT molecular complexity index is 690. The zero-order valence-electron chi connectivity index (χ0n) is 10.1. The van der Waals surface area contributed by atoms with Gasteiger partial charge in [-0.15, -0.1) is 11.6 Å². The summed E-state index contributed by atoms with van der Waals surface area (Å²) in [5.41, 5.74) is 1.53. The number of rotatable bonds is 4. The largest absolute Gasteiger partial charge is 0.325 e. The highest BCUT2D eigenvalue weighted by Crippen LogP contribution is 2.18. The van der Waals surface area contributed by atoms with Crippen LogP contribution in [0.3, 0.4) is 0 Å². The van der Waals surface area contributed by atoms with Crippen molar-refractivity contribution in [1.29, 1.82) is 0 Å². The molecule has 0 fully saturated rings. The number of benzene rings is 1. The maximum Gasteiger partial charge on any atom is 0.125 e. The number of aryl methyl sites for hydroxylation is 2. The van der Waals surface area contributed by atoms with E-state index in [0.717, 1.165) is 17.9 Å². The summed E-state index contributed by atoms with van der Waals surface area (Å²) in [5, 5.41) is 4.16. The summed E-state index contributed by atoms with van der Waals surface area (Å²) in [6.45, 7) is 1.42. The molecule has 0 aliphatic carbocycles. The quantitative estimate of drug-likeness (QED) is 0.688. The second-order valence-electron chi connectivity index (χ2n) is 4.22. The first-order valence-electron chi connectivity index (χ1n) is 5.96. The normalized spacial score (nSPS) is 11.3. The van der Waals surface area contributed by atoms with Crippen LogP contribution in [-0.4, -0.2) is 19.3 Å². The SMILES string of the molecule is Fc1ccc2c(c1)nc(CCl)n2CCn1cccn1. The van der Waals surface area contributed by atoms with Crippen LogP contribution in [0.4, 0.5) is 4.39 Å². The van der Waals surface area contributed by atoms with Crippen molar-refractivity contribution in [3.63, 3.8) is 0 Å². The van der Waals surface area contributed by atoms with Crippen LogP contribution in [-0.2, 0) is 19.0 Å². The second-order valence-corrected chi connectivity index (χ2v) is 4.48. The number of aromatic nitrogens is 4. The first kappa shape index (κ1) is 12.2. The molecule has 3 aromatic rings. The van der Waals surface area contributed by atoms with Crippen LogP contribution in [0, 0.1) is 5.82 Å². The molecule has 3 rings (SSSR count). The molecule has 0 amide bonds. The second kappa shape index (κ2) is 5.01. The van der Waals surface area contributed by atoms with Crippen LogP contribution >= 0.6 is 11.6 Å². The fourth-order valence-corrected chi connectivity index (χ4v) is 2.34. The number of alkyl halides is 1. The van der Waals surface area contributed by atoms with Crippen molar-refractivity contribution in [3.8, 4) is 0 Å². The van der Waals surface area contributed by atoms with E-state index in [2.05, 4.69) is 10.1 Å². The Labute approximate surface area is 114 Å². The van der Waals surface area contributed by atoms with Crippen LogP contribution in [0.5, 0.6) is 0 Å². The fourth-order valence-electron chi connectivity index (χ4n) is 2.14. The van der Waals surface area contributed by atoms with Crippen LogP contribution in [0.1, 0.15) is 5.82 Å². The lowest BCUT2D eigenvalue weighted by atomic mass is 10.3. The standard InChI is InChI=1S/C13H12ClFN4/c14-9-13-17-11-8-10(15)2-3-12(11)19(13)7-6-18-5-1-4-16-18/h1-5,8H,6-7,9H2. The highest BCUT2D eigenvalue weighted by atomic mass is 35.5. The van der Waals surface area contributed by atoms with Crippen molar-refractivity contribution in [1.82, 2.24) is 19.3 Å². The Kier molecular flexibility index (Phi) is 3.21. The van der Waals surface area contributed by atoms with Crippen molar-refractivity contribution in [2.75, 3.05) is 0 Å². The van der Waals surface area contributed by atoms with E-state index in [1.807, 2.05) is 21.5 Å². The third kappa shape index (κ3) is 2.33. The van der Waals surface area contributed by atoms with Gasteiger partial charge in [0.15, 0.2) is 0 Å². The molecule has 98 valence electrons. The van der Waals surface area contributed by atoms with Gasteiger partial charge < -0.3 is 4.57 Å². The first-order chi connectivity index (χ1) is 9.28. The minimum absolute atomic E-state index is 0.287. The molecule has 19 heavy (non-hydrogen) atoms. The van der Waals surface area contributed by atoms with Crippen LogP contribution in [0.15, 0.2) is 36.7 Å². The molecule has 0 saturated heterocycles. The lowest BCUT2D eigenvalue weighted by Crippen LogP contribution is -2.10. The van der Waals surface area contributed by atoms with Gasteiger partial charge in [0.05, 0.1) is 23.5 Å². The van der Waals surface area contributed by atoms with Crippen molar-refractivity contribution < 1.29 is 4.39 Å². The lowest BCUT2D eigenvalue weighted by Gasteiger charge is -2.07. The molecule has 0 saturated carbocycles. The molecule has 0 aliphatic heterocycles. The minimum atomic E-state index is -0.287. The van der Waals surface area contributed by atoms with Crippen LogP contribution < -0.4 is 0 Å². The lowest BCUT2D eigenvalue weighted by molar-refractivity contribution is 0.533. The molecule has 0 aliphatic rings. The summed E-state index contributed by atoms with van der Waals surface area (Å²) in [5.74, 6) is 0.759. The Morgan fingerprint density at radius 2 is 2.16 bits per heavy atom. The molecule has 4 nitrogen and oxygen atoms in total. The molecular weight excluding hydrogens is 267 g/mol. The van der Waals surface area contributed by atoms with Gasteiger partial charge in [-0.2, -0.15) is 5.10 Å². The maximum atomic E-state index is 13.2. The molecule has 0 bridgehead atoms. The molecule has 6 heteroatoms. The van der Waals surface area contributed by atoms with E-state index in [0.29, 0.717) is 17.9 Å². The summed E-state index contributed by atoms with van der Waals surface area (Å²) < 4.78 is 17.0. The number of hydrogen-bond donors (Lipinski definition) is 0. The molecule has 0 N–H and O–H groups in total. The molecule has 2 aromatic heterocycles. The van der Waals surface area contributed by atoms with Crippen molar-refractivity contribution in [3.05, 3.63) is 48.3 Å². The van der Waals surface area contributed by atoms with Gasteiger partial charge in [0.2, 0.25) is 0 Å². The maximum absolute atomic E-state index is 13.2. The number of nitrogens with zero attached hydrogens (tertiary/aromatic N) is 4. The third-order valence-corrected chi connectivity index (χ3v) is 3.26. The Hall–Kier alpha value is -1.88. The molecule has 1 aromatic carbocycles. The van der Waals surface area contributed by atoms with E-state index in [1.54, 1.807) is 12.3 Å². The average molecular weight is 279 g/mol. The van der Waals surface area contributed by atoms with Gasteiger partial charge in [0.25, 0.3) is 0 Å². The van der Waals surface area contributed by atoms with E-state index in [1.165, 1.54) is 12.1 Å². The Balaban J connectivity index is 1.96. The van der Waals surface area contributed by atoms with E-state index < -0.39 is 0 Å². The molecular formula is C13H12ClFN4. The summed E-state index contributed by atoms with van der Waals surface area (Å²) in [6.07, 6.45) is 3.64. The van der Waals surface area contributed by atoms with Gasteiger partial charge in [-0.25, -0.2) is 9.37 Å². The number of fused-ring (bicyclic) bond motifs is 1. The van der Waals surface area contributed by atoms with Gasteiger partial charge in [-0.05, 0) is 18.2 Å². The molecule has 0 atom stereocenters. The van der Waals surface area contributed by atoms with Crippen LogP contribution in [0.2, 0.25) is 0 Å². The highest BCUT2D eigenvalue weighted by molar-refractivity contribution is 6.16. The van der Waals surface area contributed by atoms with E-state index in [4.69, 9.17) is 11.6 Å². The monoisotopic (exact) mass is 278 g/mol.